The fourth-order valence-electron chi connectivity index (χ4n) is 2.63. The minimum absolute atomic E-state index is 0.0983. The maximum absolute atomic E-state index is 4.02. The molecule has 0 fully saturated rings. The van der Waals surface area contributed by atoms with Crippen LogP contribution in [-0.2, 0) is 0 Å². The molecule has 1 aromatic heterocycles. The number of benzene rings is 2. The summed E-state index contributed by atoms with van der Waals surface area (Å²) in [5, 5.41) is 17.7. The summed E-state index contributed by atoms with van der Waals surface area (Å²) in [5.74, 6) is 0.680. The first-order valence-corrected chi connectivity index (χ1v) is 6.78. The number of hydrogen-bond donors (Lipinski definition) is 2. The first-order chi connectivity index (χ1) is 10.4. The van der Waals surface area contributed by atoms with E-state index >= 15 is 0 Å². The molecule has 0 amide bonds. The molecule has 1 aliphatic heterocycles. The SMILES string of the molecule is C1=CC(c2ccccc2-c2nnn[nH]2)Nc2ccccc21. The van der Waals surface area contributed by atoms with Crippen LogP contribution in [0.4, 0.5) is 5.69 Å². The van der Waals surface area contributed by atoms with Crippen LogP contribution in [0.2, 0.25) is 0 Å². The summed E-state index contributed by atoms with van der Waals surface area (Å²) in [7, 11) is 0. The van der Waals surface area contributed by atoms with Gasteiger partial charge in [-0.05, 0) is 27.6 Å². The van der Waals surface area contributed by atoms with Crippen LogP contribution >= 0.6 is 0 Å². The summed E-state index contributed by atoms with van der Waals surface area (Å²) in [6.07, 6.45) is 4.30. The lowest BCUT2D eigenvalue weighted by Gasteiger charge is -2.24. The molecule has 2 heterocycles. The minimum Gasteiger partial charge on any atom is -0.374 e. The van der Waals surface area contributed by atoms with Gasteiger partial charge in [0.2, 0.25) is 0 Å². The summed E-state index contributed by atoms with van der Waals surface area (Å²) in [6.45, 7) is 0. The Balaban J connectivity index is 1.76. The highest BCUT2D eigenvalue weighted by atomic mass is 15.5. The van der Waals surface area contributed by atoms with E-state index in [-0.39, 0.29) is 6.04 Å². The number of fused-ring (bicyclic) bond motifs is 1. The van der Waals surface area contributed by atoms with Crippen LogP contribution in [0.5, 0.6) is 0 Å². The van der Waals surface area contributed by atoms with E-state index in [1.165, 1.54) is 5.56 Å². The highest BCUT2D eigenvalue weighted by Gasteiger charge is 2.18. The Hall–Kier alpha value is -2.95. The average molecular weight is 275 g/mol. The molecule has 0 bridgehead atoms. The monoisotopic (exact) mass is 275 g/mol. The zero-order chi connectivity index (χ0) is 14.1. The number of nitrogens with zero attached hydrogens (tertiary/aromatic N) is 3. The molecular weight excluding hydrogens is 262 g/mol. The topological polar surface area (TPSA) is 66.5 Å². The number of aromatic amines is 1. The highest BCUT2D eigenvalue weighted by Crippen LogP contribution is 2.33. The number of hydrogen-bond acceptors (Lipinski definition) is 4. The van der Waals surface area contributed by atoms with Gasteiger partial charge in [0.15, 0.2) is 5.82 Å². The molecule has 2 aromatic carbocycles. The second-order valence-electron chi connectivity index (χ2n) is 4.91. The first-order valence-electron chi connectivity index (χ1n) is 6.78. The molecule has 3 aromatic rings. The van der Waals surface area contributed by atoms with Crippen molar-refractivity contribution in [3.63, 3.8) is 0 Å². The lowest BCUT2D eigenvalue weighted by Crippen LogP contribution is -2.13. The summed E-state index contributed by atoms with van der Waals surface area (Å²) < 4.78 is 0. The van der Waals surface area contributed by atoms with Crippen molar-refractivity contribution < 1.29 is 0 Å². The summed E-state index contributed by atoms with van der Waals surface area (Å²) in [6, 6.07) is 16.5. The van der Waals surface area contributed by atoms with Crippen molar-refractivity contribution in [1.29, 1.82) is 0 Å². The fraction of sp³-hybridized carbons (Fsp3) is 0.0625. The summed E-state index contributed by atoms with van der Waals surface area (Å²) >= 11 is 0. The van der Waals surface area contributed by atoms with E-state index in [2.05, 4.69) is 56.3 Å². The van der Waals surface area contributed by atoms with Crippen molar-refractivity contribution in [3.8, 4) is 11.4 Å². The second kappa shape index (κ2) is 4.86. The predicted octanol–water partition coefficient (Wildman–Crippen LogP) is 3.05. The molecule has 2 N–H and O–H groups in total. The first kappa shape index (κ1) is 11.8. The molecule has 0 saturated carbocycles. The third kappa shape index (κ3) is 2.08. The number of tetrazole rings is 1. The van der Waals surface area contributed by atoms with E-state index in [1.54, 1.807) is 0 Å². The van der Waals surface area contributed by atoms with Crippen LogP contribution < -0.4 is 5.32 Å². The van der Waals surface area contributed by atoms with Crippen LogP contribution in [0.15, 0.2) is 54.6 Å². The van der Waals surface area contributed by atoms with Gasteiger partial charge < -0.3 is 5.32 Å². The molecule has 5 heteroatoms. The van der Waals surface area contributed by atoms with Crippen LogP contribution in [-0.4, -0.2) is 20.6 Å². The lowest BCUT2D eigenvalue weighted by molar-refractivity contribution is 0.881. The second-order valence-corrected chi connectivity index (χ2v) is 4.91. The van der Waals surface area contributed by atoms with Crippen molar-refractivity contribution in [2.45, 2.75) is 6.04 Å². The normalized spacial score (nSPS) is 16.3. The van der Waals surface area contributed by atoms with Gasteiger partial charge >= 0.3 is 0 Å². The molecule has 4 rings (SSSR count). The molecule has 0 spiro atoms. The Labute approximate surface area is 121 Å². The zero-order valence-electron chi connectivity index (χ0n) is 11.2. The summed E-state index contributed by atoms with van der Waals surface area (Å²) in [4.78, 5) is 0. The molecule has 21 heavy (non-hydrogen) atoms. The molecule has 0 saturated heterocycles. The Morgan fingerprint density at radius 1 is 0.952 bits per heavy atom. The molecule has 0 aliphatic carbocycles. The van der Waals surface area contributed by atoms with Crippen molar-refractivity contribution >= 4 is 11.8 Å². The lowest BCUT2D eigenvalue weighted by atomic mass is 9.95. The maximum atomic E-state index is 4.02. The van der Waals surface area contributed by atoms with Gasteiger partial charge in [0, 0.05) is 11.3 Å². The van der Waals surface area contributed by atoms with Crippen molar-refractivity contribution in [1.82, 2.24) is 20.6 Å². The van der Waals surface area contributed by atoms with E-state index in [1.807, 2.05) is 30.3 Å². The van der Waals surface area contributed by atoms with Gasteiger partial charge in [-0.25, -0.2) is 5.10 Å². The number of rotatable bonds is 2. The number of nitrogens with one attached hydrogen (secondary N) is 2. The average Bonchev–Trinajstić information content (AvgIpc) is 3.09. The van der Waals surface area contributed by atoms with E-state index in [0.29, 0.717) is 5.82 Å². The standard InChI is InChI=1S/C16H13N5/c1-4-8-14-11(5-1)9-10-15(17-14)12-6-2-3-7-13(12)16-18-20-21-19-16/h1-10,15,17H,(H,18,19,20,21). The molecular formula is C16H13N5. The molecule has 102 valence electrons. The Kier molecular flexibility index (Phi) is 2.74. The number of anilines is 1. The van der Waals surface area contributed by atoms with E-state index < -0.39 is 0 Å². The number of para-hydroxylation sites is 1. The largest absolute Gasteiger partial charge is 0.374 e. The van der Waals surface area contributed by atoms with E-state index in [0.717, 1.165) is 16.8 Å². The summed E-state index contributed by atoms with van der Waals surface area (Å²) in [5.41, 5.74) is 4.48. The maximum Gasteiger partial charge on any atom is 0.179 e. The van der Waals surface area contributed by atoms with Gasteiger partial charge in [0.25, 0.3) is 0 Å². The van der Waals surface area contributed by atoms with Gasteiger partial charge in [-0.2, -0.15) is 0 Å². The minimum atomic E-state index is 0.0983. The van der Waals surface area contributed by atoms with Gasteiger partial charge in [-0.15, -0.1) is 5.10 Å². The van der Waals surface area contributed by atoms with Crippen molar-refractivity contribution in [2.75, 3.05) is 5.32 Å². The van der Waals surface area contributed by atoms with E-state index in [4.69, 9.17) is 0 Å². The van der Waals surface area contributed by atoms with Crippen molar-refractivity contribution in [2.24, 2.45) is 0 Å². The van der Waals surface area contributed by atoms with Crippen LogP contribution in [0.1, 0.15) is 17.2 Å². The van der Waals surface area contributed by atoms with Gasteiger partial charge in [-0.3, -0.25) is 0 Å². The third-order valence-corrected chi connectivity index (χ3v) is 3.64. The molecule has 5 nitrogen and oxygen atoms in total. The quantitative estimate of drug-likeness (QED) is 0.754. The molecule has 1 unspecified atom stereocenters. The van der Waals surface area contributed by atoms with Gasteiger partial charge in [-0.1, -0.05) is 54.6 Å². The Morgan fingerprint density at radius 3 is 2.71 bits per heavy atom. The predicted molar refractivity (Wildman–Crippen MR) is 81.5 cm³/mol. The van der Waals surface area contributed by atoms with Gasteiger partial charge in [0.05, 0.1) is 6.04 Å². The molecule has 1 aliphatic rings. The third-order valence-electron chi connectivity index (χ3n) is 3.64. The van der Waals surface area contributed by atoms with Crippen LogP contribution in [0, 0.1) is 0 Å². The van der Waals surface area contributed by atoms with Crippen LogP contribution in [0.25, 0.3) is 17.5 Å². The Bertz CT molecular complexity index is 792. The smallest absolute Gasteiger partial charge is 0.179 e. The van der Waals surface area contributed by atoms with Crippen LogP contribution in [0.3, 0.4) is 0 Å². The van der Waals surface area contributed by atoms with Crippen molar-refractivity contribution in [3.05, 3.63) is 65.7 Å². The Morgan fingerprint density at radius 2 is 1.81 bits per heavy atom. The highest BCUT2D eigenvalue weighted by molar-refractivity contribution is 5.73. The fourth-order valence-corrected chi connectivity index (χ4v) is 2.63. The van der Waals surface area contributed by atoms with E-state index in [9.17, 15) is 0 Å². The van der Waals surface area contributed by atoms with Gasteiger partial charge in [0.1, 0.15) is 0 Å². The number of H-pyrrole nitrogens is 1. The number of aromatic nitrogens is 4. The zero-order valence-corrected chi connectivity index (χ0v) is 11.2. The molecule has 0 radical (unpaired) electrons. The molecule has 1 atom stereocenters.